The molecule has 0 aliphatic carbocycles. The first-order chi connectivity index (χ1) is 17.2. The third-order valence-corrected chi connectivity index (χ3v) is 5.90. The van der Waals surface area contributed by atoms with Crippen molar-refractivity contribution in [1.29, 1.82) is 0 Å². The summed E-state index contributed by atoms with van der Waals surface area (Å²) in [7, 11) is 1.82. The van der Waals surface area contributed by atoms with Crippen LogP contribution < -0.4 is 15.5 Å². The molecule has 2 N–H and O–H groups in total. The van der Waals surface area contributed by atoms with Gasteiger partial charge in [0.2, 0.25) is 11.2 Å². The van der Waals surface area contributed by atoms with E-state index in [4.69, 9.17) is 16.3 Å². The van der Waals surface area contributed by atoms with Crippen LogP contribution in [0.3, 0.4) is 0 Å². The minimum atomic E-state index is -0.490. The molecule has 0 bridgehead atoms. The van der Waals surface area contributed by atoms with Gasteiger partial charge >= 0.3 is 6.09 Å². The van der Waals surface area contributed by atoms with Gasteiger partial charge in [-0.2, -0.15) is 4.98 Å². The lowest BCUT2D eigenvalue weighted by Gasteiger charge is -2.38. The topological polar surface area (TPSA) is 108 Å². The fourth-order valence-electron chi connectivity index (χ4n) is 3.90. The van der Waals surface area contributed by atoms with Crippen molar-refractivity contribution < 1.29 is 9.53 Å². The molecule has 3 heterocycles. The van der Waals surface area contributed by atoms with Crippen LogP contribution in [-0.2, 0) is 4.74 Å². The summed E-state index contributed by atoms with van der Waals surface area (Å²) in [5.74, 6) is 1.59. The molecule has 0 radical (unpaired) electrons. The number of rotatable bonds is 6. The molecular weight excluding hydrogens is 480 g/mol. The number of halogens is 1. The number of amides is 1. The molecule has 190 valence electrons. The Morgan fingerprint density at radius 2 is 1.64 bits per heavy atom. The van der Waals surface area contributed by atoms with Gasteiger partial charge in [-0.1, -0.05) is 0 Å². The minimum absolute atomic E-state index is 0.159. The number of piperidine rings is 1. The van der Waals surface area contributed by atoms with E-state index in [2.05, 4.69) is 47.6 Å². The molecule has 4 rings (SSSR count). The van der Waals surface area contributed by atoms with Crippen LogP contribution in [0.1, 0.15) is 33.6 Å². The first-order valence-electron chi connectivity index (χ1n) is 11.8. The summed E-state index contributed by atoms with van der Waals surface area (Å²) in [6.07, 6.45) is 4.75. The lowest BCUT2D eigenvalue weighted by molar-refractivity contribution is 0.0201. The molecule has 2 aromatic heterocycles. The summed E-state index contributed by atoms with van der Waals surface area (Å²) in [5, 5.41) is 6.47. The molecule has 1 saturated heterocycles. The molecule has 1 fully saturated rings. The number of ether oxygens (including phenoxy) is 1. The van der Waals surface area contributed by atoms with Crippen LogP contribution >= 0.6 is 11.6 Å². The van der Waals surface area contributed by atoms with E-state index < -0.39 is 5.60 Å². The van der Waals surface area contributed by atoms with Gasteiger partial charge in [0.25, 0.3) is 0 Å². The number of hydrogen-bond acceptors (Lipinski definition) is 9. The molecule has 11 heteroatoms. The van der Waals surface area contributed by atoms with Crippen molar-refractivity contribution >= 4 is 46.7 Å². The summed E-state index contributed by atoms with van der Waals surface area (Å²) in [4.78, 5) is 33.2. The lowest BCUT2D eigenvalue weighted by atomic mass is 10.0. The molecule has 0 atom stereocenters. The molecular formula is C25H31ClN8O2. The van der Waals surface area contributed by atoms with E-state index in [0.717, 1.165) is 37.3 Å². The Morgan fingerprint density at radius 3 is 2.28 bits per heavy atom. The Kier molecular flexibility index (Phi) is 7.73. The van der Waals surface area contributed by atoms with E-state index in [-0.39, 0.29) is 17.4 Å². The Morgan fingerprint density at radius 1 is 1.00 bits per heavy atom. The molecule has 1 aliphatic heterocycles. The number of nitrogens with zero attached hydrogens (tertiary/aromatic N) is 6. The summed E-state index contributed by atoms with van der Waals surface area (Å²) < 4.78 is 5.51. The van der Waals surface area contributed by atoms with Gasteiger partial charge in [0.15, 0.2) is 0 Å². The average molecular weight is 511 g/mol. The summed E-state index contributed by atoms with van der Waals surface area (Å²) in [6, 6.07) is 11.8. The number of carbonyl (C=O) groups is 1. The van der Waals surface area contributed by atoms with Gasteiger partial charge in [-0.3, -0.25) is 0 Å². The van der Waals surface area contributed by atoms with Crippen LogP contribution in [0.15, 0.2) is 48.8 Å². The smallest absolute Gasteiger partial charge is 0.410 e. The molecule has 1 aromatic carbocycles. The number of hydrogen-bond donors (Lipinski definition) is 2. The van der Waals surface area contributed by atoms with Crippen LogP contribution in [0.25, 0.3) is 0 Å². The van der Waals surface area contributed by atoms with Crippen molar-refractivity contribution in [3.05, 3.63) is 54.1 Å². The van der Waals surface area contributed by atoms with E-state index in [1.807, 2.05) is 40.0 Å². The number of nitrogens with one attached hydrogen (secondary N) is 2. The van der Waals surface area contributed by atoms with Crippen molar-refractivity contribution in [1.82, 2.24) is 24.8 Å². The zero-order valence-corrected chi connectivity index (χ0v) is 21.7. The fourth-order valence-corrected chi connectivity index (χ4v) is 4.05. The van der Waals surface area contributed by atoms with E-state index in [1.165, 1.54) is 0 Å². The molecule has 3 aromatic rings. The number of benzene rings is 1. The maximum Gasteiger partial charge on any atom is 0.410 e. The average Bonchev–Trinajstić information content (AvgIpc) is 2.83. The van der Waals surface area contributed by atoms with Crippen LogP contribution in [0.5, 0.6) is 0 Å². The molecule has 0 saturated carbocycles. The second kappa shape index (κ2) is 10.9. The van der Waals surface area contributed by atoms with E-state index in [1.54, 1.807) is 29.4 Å². The normalized spacial score (nSPS) is 14.3. The van der Waals surface area contributed by atoms with Crippen molar-refractivity contribution in [3.63, 3.8) is 0 Å². The molecule has 0 unspecified atom stereocenters. The highest BCUT2D eigenvalue weighted by Crippen LogP contribution is 2.25. The first-order valence-corrected chi connectivity index (χ1v) is 12.2. The minimum Gasteiger partial charge on any atom is -0.444 e. The number of carbonyl (C=O) groups excluding carboxylic acids is 1. The largest absolute Gasteiger partial charge is 0.444 e. The van der Waals surface area contributed by atoms with Crippen molar-refractivity contribution in [2.24, 2.45) is 0 Å². The van der Waals surface area contributed by atoms with E-state index >= 15 is 0 Å². The molecule has 10 nitrogen and oxygen atoms in total. The maximum absolute atomic E-state index is 12.4. The lowest BCUT2D eigenvalue weighted by Crippen LogP contribution is -2.47. The molecule has 1 aliphatic rings. The first kappa shape index (κ1) is 25.4. The Bertz CT molecular complexity index is 1180. The predicted octanol–water partition coefficient (Wildman–Crippen LogP) is 5.24. The monoisotopic (exact) mass is 510 g/mol. The highest BCUT2D eigenvalue weighted by molar-refractivity contribution is 6.28. The summed E-state index contributed by atoms with van der Waals surface area (Å²) >= 11 is 5.84. The van der Waals surface area contributed by atoms with Crippen LogP contribution in [-0.4, -0.2) is 62.7 Å². The number of anilines is 5. The van der Waals surface area contributed by atoms with Crippen LogP contribution in [0, 0.1) is 0 Å². The van der Waals surface area contributed by atoms with Crippen molar-refractivity contribution in [2.45, 2.75) is 45.3 Å². The van der Waals surface area contributed by atoms with Crippen molar-refractivity contribution in [3.8, 4) is 0 Å². The molecule has 36 heavy (non-hydrogen) atoms. The van der Waals surface area contributed by atoms with Gasteiger partial charge in [-0.25, -0.2) is 19.7 Å². The Balaban J connectivity index is 1.31. The quantitative estimate of drug-likeness (QED) is 0.430. The Labute approximate surface area is 216 Å². The van der Waals surface area contributed by atoms with E-state index in [9.17, 15) is 4.79 Å². The fraction of sp³-hybridized carbons (Fsp3) is 0.400. The zero-order valence-electron chi connectivity index (χ0n) is 20.9. The highest BCUT2D eigenvalue weighted by atomic mass is 35.5. The molecule has 0 spiro atoms. The van der Waals surface area contributed by atoms with Gasteiger partial charge in [-0.15, -0.1) is 0 Å². The van der Waals surface area contributed by atoms with Gasteiger partial charge in [0.05, 0.1) is 0 Å². The second-order valence-corrected chi connectivity index (χ2v) is 9.92. The SMILES string of the molecule is CN(C(=O)OC(C)(C)C)C1CCN(c2ccc(Nc3nccc(Nc4ccnc(Cl)n4)n3)cc2)CC1. The predicted molar refractivity (Wildman–Crippen MR) is 141 cm³/mol. The van der Waals surface area contributed by atoms with Gasteiger partial charge < -0.3 is 25.2 Å². The third-order valence-electron chi connectivity index (χ3n) is 5.72. The zero-order chi connectivity index (χ0) is 25.7. The standard InChI is InChI=1S/C25H31ClN8O2/c1-25(2,3)36-24(35)33(4)18-11-15-34(16-12-18)19-7-5-17(6-8-19)29-23-28-14-10-21(32-23)30-20-9-13-27-22(26)31-20/h5-10,13-14,18H,11-12,15-16H2,1-4H3,(H2,27,28,29,30,31,32). The maximum atomic E-state index is 12.4. The highest BCUT2D eigenvalue weighted by Gasteiger charge is 2.28. The van der Waals surface area contributed by atoms with Crippen LogP contribution in [0.4, 0.5) is 33.8 Å². The molecule has 1 amide bonds. The van der Waals surface area contributed by atoms with Gasteiger partial charge in [-0.05, 0) is 81.6 Å². The van der Waals surface area contributed by atoms with Gasteiger partial charge in [0.1, 0.15) is 17.2 Å². The van der Waals surface area contributed by atoms with Crippen LogP contribution in [0.2, 0.25) is 5.28 Å². The van der Waals surface area contributed by atoms with Gasteiger partial charge in [0, 0.05) is 49.9 Å². The Hall–Kier alpha value is -3.66. The van der Waals surface area contributed by atoms with E-state index in [0.29, 0.717) is 17.6 Å². The third kappa shape index (κ3) is 6.94. The number of aromatic nitrogens is 4. The second-order valence-electron chi connectivity index (χ2n) is 9.58. The summed E-state index contributed by atoms with van der Waals surface area (Å²) in [5.41, 5.74) is 1.52. The summed E-state index contributed by atoms with van der Waals surface area (Å²) in [6.45, 7) is 7.39. The van der Waals surface area contributed by atoms with Crippen molar-refractivity contribution in [2.75, 3.05) is 35.7 Å².